The van der Waals surface area contributed by atoms with Gasteiger partial charge in [0.05, 0.1) is 6.42 Å². The van der Waals surface area contributed by atoms with Crippen LogP contribution in [0.2, 0.25) is 0 Å². The van der Waals surface area contributed by atoms with E-state index in [1.54, 1.807) is 0 Å². The molecule has 2 nitrogen and oxygen atoms in total. The number of halogens is 2. The van der Waals surface area contributed by atoms with E-state index in [1.165, 1.54) is 12.8 Å². The Morgan fingerprint density at radius 1 is 0.773 bits per heavy atom. The summed E-state index contributed by atoms with van der Waals surface area (Å²) in [4.78, 5) is 11.4. The number of esters is 1. The van der Waals surface area contributed by atoms with Crippen LogP contribution in [0.3, 0.4) is 0 Å². The van der Waals surface area contributed by atoms with Gasteiger partial charge in [-0.05, 0) is 12.8 Å². The summed E-state index contributed by atoms with van der Waals surface area (Å²) in [5, 5.41) is 0. The molecule has 0 aliphatic carbocycles. The number of hydrogen-bond donors (Lipinski definition) is 0. The van der Waals surface area contributed by atoms with Crippen molar-refractivity contribution in [1.82, 2.24) is 0 Å². The molecule has 0 heterocycles. The lowest BCUT2D eigenvalue weighted by molar-refractivity contribution is -0.236. The Bertz CT molecular complexity index is 268. The van der Waals surface area contributed by atoms with Crippen molar-refractivity contribution in [1.29, 1.82) is 0 Å². The fraction of sp³-hybridized carbons (Fsp3) is 0.944. The van der Waals surface area contributed by atoms with E-state index in [1.807, 2.05) is 0 Å². The van der Waals surface area contributed by atoms with Crippen LogP contribution in [0.15, 0.2) is 0 Å². The van der Waals surface area contributed by atoms with E-state index in [-0.39, 0.29) is 12.8 Å². The second-order valence-electron chi connectivity index (χ2n) is 6.15. The van der Waals surface area contributed by atoms with E-state index >= 15 is 0 Å². The molecule has 4 heteroatoms. The van der Waals surface area contributed by atoms with Gasteiger partial charge in [0.15, 0.2) is 0 Å². The van der Waals surface area contributed by atoms with Gasteiger partial charge >= 0.3 is 12.1 Å². The van der Waals surface area contributed by atoms with Crippen LogP contribution in [0.25, 0.3) is 0 Å². The predicted octanol–water partition coefficient (Wildman–Crippen LogP) is 6.62. The molecule has 0 amide bonds. The van der Waals surface area contributed by atoms with E-state index in [0.717, 1.165) is 51.4 Å². The molecule has 0 saturated carbocycles. The Morgan fingerprint density at radius 2 is 1.23 bits per heavy atom. The van der Waals surface area contributed by atoms with Crippen LogP contribution in [-0.2, 0) is 9.53 Å². The van der Waals surface area contributed by atoms with Crippen molar-refractivity contribution < 1.29 is 18.3 Å². The summed E-state index contributed by atoms with van der Waals surface area (Å²) in [7, 11) is 0. The summed E-state index contributed by atoms with van der Waals surface area (Å²) in [5.74, 6) is -0.758. The minimum absolute atomic E-state index is 0.109. The molecule has 0 radical (unpaired) electrons. The summed E-state index contributed by atoms with van der Waals surface area (Å²) >= 11 is 0. The Morgan fingerprint density at radius 3 is 1.77 bits per heavy atom. The topological polar surface area (TPSA) is 26.3 Å². The Balaban J connectivity index is 3.60. The molecular weight excluding hydrogens is 286 g/mol. The monoisotopic (exact) mass is 320 g/mol. The quantitative estimate of drug-likeness (QED) is 0.250. The van der Waals surface area contributed by atoms with Gasteiger partial charge in [-0.15, -0.1) is 0 Å². The van der Waals surface area contributed by atoms with Crippen LogP contribution in [0.1, 0.15) is 104 Å². The van der Waals surface area contributed by atoms with Crippen LogP contribution in [0.5, 0.6) is 0 Å². The number of carbonyl (C=O) groups excluding carboxylic acids is 1. The molecule has 0 aromatic heterocycles. The highest BCUT2D eigenvalue weighted by Gasteiger charge is 2.32. The van der Waals surface area contributed by atoms with E-state index < -0.39 is 12.1 Å². The number of unbranched alkanes of at least 4 members (excludes halogenated alkanes) is 10. The zero-order valence-electron chi connectivity index (χ0n) is 14.5. The highest BCUT2D eigenvalue weighted by Crippen LogP contribution is 2.24. The minimum atomic E-state index is -3.29. The van der Waals surface area contributed by atoms with Crippen molar-refractivity contribution in [3.63, 3.8) is 0 Å². The lowest BCUT2D eigenvalue weighted by Gasteiger charge is -2.16. The van der Waals surface area contributed by atoms with Crippen molar-refractivity contribution >= 4 is 5.97 Å². The predicted molar refractivity (Wildman–Crippen MR) is 87.0 cm³/mol. The van der Waals surface area contributed by atoms with Gasteiger partial charge in [-0.3, -0.25) is 4.79 Å². The van der Waals surface area contributed by atoms with Crippen molar-refractivity contribution in [3.8, 4) is 0 Å². The smallest absolute Gasteiger partial charge is 0.399 e. The lowest BCUT2D eigenvalue weighted by Crippen LogP contribution is -2.24. The molecule has 0 aliphatic heterocycles. The Kier molecular flexibility index (Phi) is 13.5. The van der Waals surface area contributed by atoms with Crippen LogP contribution in [0, 0.1) is 0 Å². The SMILES string of the molecule is CCCCCCCCC(=O)OC(F)(F)CCCCCCCC. The van der Waals surface area contributed by atoms with E-state index in [9.17, 15) is 13.6 Å². The first-order valence-corrected chi connectivity index (χ1v) is 9.11. The van der Waals surface area contributed by atoms with E-state index in [2.05, 4.69) is 18.6 Å². The van der Waals surface area contributed by atoms with Crippen LogP contribution in [0.4, 0.5) is 8.78 Å². The lowest BCUT2D eigenvalue weighted by atomic mass is 10.1. The molecule has 0 atom stereocenters. The Hall–Kier alpha value is -0.670. The summed E-state index contributed by atoms with van der Waals surface area (Å²) in [6.45, 7) is 4.26. The summed E-state index contributed by atoms with van der Waals surface area (Å²) in [6.07, 6.45) is 8.21. The first-order valence-electron chi connectivity index (χ1n) is 9.11. The largest absolute Gasteiger partial charge is 0.401 e. The fourth-order valence-electron chi connectivity index (χ4n) is 2.43. The average Bonchev–Trinajstić information content (AvgIpc) is 2.46. The van der Waals surface area contributed by atoms with Crippen molar-refractivity contribution in [2.24, 2.45) is 0 Å². The number of rotatable bonds is 15. The molecule has 0 rings (SSSR count). The number of ether oxygens (including phenoxy) is 1. The number of alkyl halides is 2. The second kappa shape index (κ2) is 14.0. The molecule has 22 heavy (non-hydrogen) atoms. The van der Waals surface area contributed by atoms with Crippen LogP contribution in [-0.4, -0.2) is 12.1 Å². The molecule has 0 spiro atoms. The standard InChI is InChI=1S/C18H34F2O2/c1-3-5-7-9-11-13-15-17(21)22-18(19,20)16-14-12-10-8-6-4-2/h3-16H2,1-2H3. The molecule has 0 saturated heterocycles. The molecular formula is C18H34F2O2. The zero-order valence-corrected chi connectivity index (χ0v) is 14.5. The van der Waals surface area contributed by atoms with Gasteiger partial charge < -0.3 is 4.74 Å². The zero-order chi connectivity index (χ0) is 16.7. The summed E-state index contributed by atoms with van der Waals surface area (Å²) in [5.41, 5.74) is 0. The summed E-state index contributed by atoms with van der Waals surface area (Å²) in [6, 6.07) is 0. The molecule has 0 unspecified atom stereocenters. The molecule has 132 valence electrons. The first-order chi connectivity index (χ1) is 10.5. The first kappa shape index (κ1) is 21.3. The van der Waals surface area contributed by atoms with Crippen molar-refractivity contribution in [2.75, 3.05) is 0 Å². The van der Waals surface area contributed by atoms with Crippen LogP contribution >= 0.6 is 0 Å². The van der Waals surface area contributed by atoms with E-state index in [0.29, 0.717) is 12.8 Å². The number of hydrogen-bond acceptors (Lipinski definition) is 2. The van der Waals surface area contributed by atoms with Crippen molar-refractivity contribution in [2.45, 2.75) is 110 Å². The van der Waals surface area contributed by atoms with Gasteiger partial charge in [-0.1, -0.05) is 78.1 Å². The van der Waals surface area contributed by atoms with Crippen LogP contribution < -0.4 is 0 Å². The summed E-state index contributed by atoms with van der Waals surface area (Å²) < 4.78 is 31.3. The molecule has 0 fully saturated rings. The van der Waals surface area contributed by atoms with Gasteiger partial charge in [0.2, 0.25) is 0 Å². The Labute approximate surface area is 135 Å². The average molecular weight is 320 g/mol. The minimum Gasteiger partial charge on any atom is -0.401 e. The molecule has 0 bridgehead atoms. The van der Waals surface area contributed by atoms with Crippen molar-refractivity contribution in [3.05, 3.63) is 0 Å². The third-order valence-electron chi connectivity index (χ3n) is 3.82. The maximum Gasteiger partial charge on any atom is 0.399 e. The normalized spacial score (nSPS) is 11.6. The van der Waals surface area contributed by atoms with Gasteiger partial charge in [0.1, 0.15) is 0 Å². The highest BCUT2D eigenvalue weighted by atomic mass is 19.3. The maximum absolute atomic E-state index is 13.5. The molecule has 0 N–H and O–H groups in total. The number of carbonyl (C=O) groups is 1. The second-order valence-corrected chi connectivity index (χ2v) is 6.15. The molecule has 0 aliphatic rings. The third-order valence-corrected chi connectivity index (χ3v) is 3.82. The van der Waals surface area contributed by atoms with Gasteiger partial charge in [-0.2, -0.15) is 8.78 Å². The van der Waals surface area contributed by atoms with Gasteiger partial charge in [-0.25, -0.2) is 0 Å². The third kappa shape index (κ3) is 14.3. The highest BCUT2D eigenvalue weighted by molar-refractivity contribution is 5.69. The van der Waals surface area contributed by atoms with Gasteiger partial charge in [0, 0.05) is 6.42 Å². The maximum atomic E-state index is 13.5. The fourth-order valence-corrected chi connectivity index (χ4v) is 2.43. The molecule has 0 aromatic rings. The van der Waals surface area contributed by atoms with E-state index in [4.69, 9.17) is 0 Å². The van der Waals surface area contributed by atoms with Gasteiger partial charge in [0.25, 0.3) is 0 Å². The molecule has 0 aromatic carbocycles.